The van der Waals surface area contributed by atoms with Crippen molar-refractivity contribution in [1.29, 1.82) is 0 Å². The fourth-order valence-corrected chi connectivity index (χ4v) is 2.28. The largest absolute Gasteiger partial charge is 0.245 e. The van der Waals surface area contributed by atoms with Gasteiger partial charge >= 0.3 is 0 Å². The van der Waals surface area contributed by atoms with Crippen LogP contribution < -0.4 is 0 Å². The molecule has 100 valence electrons. The molecule has 0 aliphatic heterocycles. The van der Waals surface area contributed by atoms with Gasteiger partial charge in [0.25, 0.3) is 0 Å². The molecule has 0 bridgehead atoms. The van der Waals surface area contributed by atoms with Crippen LogP contribution in [-0.4, -0.2) is 24.7 Å². The first-order chi connectivity index (χ1) is 10.4. The number of para-hydroxylation sites is 1. The number of hydrogen-bond donors (Lipinski definition) is 0. The van der Waals surface area contributed by atoms with Gasteiger partial charge < -0.3 is 0 Å². The number of benzene rings is 1. The normalized spacial score (nSPS) is 10.9. The van der Waals surface area contributed by atoms with E-state index in [-0.39, 0.29) is 0 Å². The first-order valence-corrected chi connectivity index (χ1v) is 6.57. The monoisotopic (exact) mass is 273 g/mol. The number of fused-ring (bicyclic) bond motifs is 1. The predicted octanol–water partition coefficient (Wildman–Crippen LogP) is 2.88. The Morgan fingerprint density at radius 1 is 0.905 bits per heavy atom. The minimum absolute atomic E-state index is 0.832. The van der Waals surface area contributed by atoms with E-state index in [9.17, 15) is 0 Å². The minimum atomic E-state index is 0.832. The predicted molar refractivity (Wildman–Crippen MR) is 79.9 cm³/mol. The van der Waals surface area contributed by atoms with E-state index in [4.69, 9.17) is 0 Å². The van der Waals surface area contributed by atoms with Crippen molar-refractivity contribution in [2.24, 2.45) is 0 Å². The van der Waals surface area contributed by atoms with Gasteiger partial charge in [0.2, 0.25) is 0 Å². The van der Waals surface area contributed by atoms with Crippen LogP contribution in [0.25, 0.3) is 28.0 Å². The lowest BCUT2D eigenvalue weighted by Crippen LogP contribution is -1.97. The summed E-state index contributed by atoms with van der Waals surface area (Å²) in [4.78, 5) is 12.7. The van der Waals surface area contributed by atoms with Crippen LogP contribution in [0.1, 0.15) is 0 Å². The molecule has 21 heavy (non-hydrogen) atoms. The Hall–Kier alpha value is -3.08. The maximum absolute atomic E-state index is 4.53. The Balaban J connectivity index is 1.85. The van der Waals surface area contributed by atoms with Gasteiger partial charge in [-0.15, -0.1) is 0 Å². The Morgan fingerprint density at radius 3 is 2.62 bits per heavy atom. The Labute approximate surface area is 120 Å². The van der Waals surface area contributed by atoms with Gasteiger partial charge in [0, 0.05) is 23.3 Å². The minimum Gasteiger partial charge on any atom is -0.245 e. The molecule has 0 spiro atoms. The maximum atomic E-state index is 4.53. The molecular formula is C16H11N5. The molecule has 0 radical (unpaired) electrons. The summed E-state index contributed by atoms with van der Waals surface area (Å²) in [7, 11) is 0. The van der Waals surface area contributed by atoms with Gasteiger partial charge in [0.05, 0.1) is 17.6 Å². The molecule has 0 aliphatic carbocycles. The zero-order valence-corrected chi connectivity index (χ0v) is 11.1. The third kappa shape index (κ3) is 2.04. The number of hydrogen-bond acceptors (Lipinski definition) is 4. The van der Waals surface area contributed by atoms with Crippen molar-refractivity contribution in [2.75, 3.05) is 0 Å². The van der Waals surface area contributed by atoms with Crippen LogP contribution in [0.3, 0.4) is 0 Å². The molecule has 4 aromatic rings. The lowest BCUT2D eigenvalue weighted by molar-refractivity contribution is 0.897. The zero-order valence-electron chi connectivity index (χ0n) is 11.1. The van der Waals surface area contributed by atoms with Gasteiger partial charge in [0.1, 0.15) is 6.33 Å². The van der Waals surface area contributed by atoms with E-state index in [0.29, 0.717) is 0 Å². The highest BCUT2D eigenvalue weighted by atomic mass is 15.3. The van der Waals surface area contributed by atoms with E-state index in [1.165, 1.54) is 6.33 Å². The van der Waals surface area contributed by atoms with Gasteiger partial charge in [-0.1, -0.05) is 18.2 Å². The van der Waals surface area contributed by atoms with Crippen LogP contribution in [0, 0.1) is 0 Å². The summed E-state index contributed by atoms with van der Waals surface area (Å²) in [5, 5.41) is 5.40. The summed E-state index contributed by atoms with van der Waals surface area (Å²) >= 11 is 0. The summed E-state index contributed by atoms with van der Waals surface area (Å²) in [6.07, 6.45) is 6.89. The lowest BCUT2D eigenvalue weighted by Gasteiger charge is -2.03. The van der Waals surface area contributed by atoms with Crippen LogP contribution in [-0.2, 0) is 0 Å². The molecule has 0 saturated heterocycles. The molecular weight excluding hydrogens is 262 g/mol. The first-order valence-electron chi connectivity index (χ1n) is 6.57. The summed E-state index contributed by atoms with van der Waals surface area (Å²) in [6.45, 7) is 0. The van der Waals surface area contributed by atoms with E-state index in [2.05, 4.69) is 20.1 Å². The Kier molecular flexibility index (Phi) is 2.67. The third-order valence-corrected chi connectivity index (χ3v) is 3.29. The molecule has 0 unspecified atom stereocenters. The van der Waals surface area contributed by atoms with E-state index < -0.39 is 0 Å². The number of pyridine rings is 1. The smallest absolute Gasteiger partial charge is 0.162 e. The number of rotatable bonds is 2. The second-order valence-corrected chi connectivity index (χ2v) is 4.62. The molecule has 4 rings (SSSR count). The van der Waals surface area contributed by atoms with Crippen LogP contribution >= 0.6 is 0 Å². The fourth-order valence-electron chi connectivity index (χ4n) is 2.28. The highest BCUT2D eigenvalue weighted by Crippen LogP contribution is 2.22. The van der Waals surface area contributed by atoms with Crippen molar-refractivity contribution in [3.05, 3.63) is 67.4 Å². The topological polar surface area (TPSA) is 56.5 Å². The fraction of sp³-hybridized carbons (Fsp3) is 0. The van der Waals surface area contributed by atoms with E-state index in [0.717, 1.165) is 28.0 Å². The third-order valence-electron chi connectivity index (χ3n) is 3.29. The molecule has 0 atom stereocenters. The maximum Gasteiger partial charge on any atom is 0.162 e. The van der Waals surface area contributed by atoms with E-state index >= 15 is 0 Å². The van der Waals surface area contributed by atoms with Crippen LogP contribution in [0.4, 0.5) is 0 Å². The van der Waals surface area contributed by atoms with Crippen molar-refractivity contribution < 1.29 is 0 Å². The number of nitrogens with zero attached hydrogens (tertiary/aromatic N) is 5. The molecule has 3 heterocycles. The summed E-state index contributed by atoms with van der Waals surface area (Å²) < 4.78 is 1.83. The average Bonchev–Trinajstić information content (AvgIpc) is 2.99. The first kappa shape index (κ1) is 11.7. The second-order valence-electron chi connectivity index (χ2n) is 4.62. The highest BCUT2D eigenvalue weighted by molar-refractivity contribution is 5.81. The molecule has 5 heteroatoms. The van der Waals surface area contributed by atoms with Crippen LogP contribution in [0.5, 0.6) is 0 Å². The summed E-state index contributed by atoms with van der Waals surface area (Å²) in [5.41, 5.74) is 3.64. The molecule has 0 N–H and O–H groups in total. The Morgan fingerprint density at radius 2 is 1.81 bits per heavy atom. The quantitative estimate of drug-likeness (QED) is 0.563. The Bertz CT molecular complexity index is 884. The summed E-state index contributed by atoms with van der Waals surface area (Å²) in [6, 6.07) is 13.9. The molecule has 0 aliphatic rings. The SMILES string of the molecule is c1ccc(-n2ncc3cc(-c4ccncn4)cnc32)cc1. The van der Waals surface area contributed by atoms with Gasteiger partial charge in [-0.05, 0) is 24.3 Å². The molecule has 3 aromatic heterocycles. The van der Waals surface area contributed by atoms with E-state index in [1.54, 1.807) is 6.20 Å². The summed E-state index contributed by atoms with van der Waals surface area (Å²) in [5.74, 6) is 0. The average molecular weight is 273 g/mol. The van der Waals surface area contributed by atoms with Crippen LogP contribution in [0.15, 0.2) is 67.4 Å². The molecule has 5 nitrogen and oxygen atoms in total. The van der Waals surface area contributed by atoms with Gasteiger partial charge in [-0.25, -0.2) is 19.6 Å². The molecule has 0 amide bonds. The van der Waals surface area contributed by atoms with Gasteiger partial charge in [-0.2, -0.15) is 5.10 Å². The van der Waals surface area contributed by atoms with Crippen molar-refractivity contribution in [3.8, 4) is 16.9 Å². The van der Waals surface area contributed by atoms with Gasteiger partial charge in [-0.3, -0.25) is 0 Å². The van der Waals surface area contributed by atoms with Crippen LogP contribution in [0.2, 0.25) is 0 Å². The molecule has 1 aromatic carbocycles. The van der Waals surface area contributed by atoms with Crippen molar-refractivity contribution in [2.45, 2.75) is 0 Å². The highest BCUT2D eigenvalue weighted by Gasteiger charge is 2.08. The van der Waals surface area contributed by atoms with Gasteiger partial charge in [0.15, 0.2) is 5.65 Å². The zero-order chi connectivity index (χ0) is 14.1. The van der Waals surface area contributed by atoms with E-state index in [1.807, 2.05) is 59.5 Å². The van der Waals surface area contributed by atoms with Crippen molar-refractivity contribution in [1.82, 2.24) is 24.7 Å². The standard InChI is InChI=1S/C16H11N5/c1-2-4-14(5-3-1)21-16-13(10-20-21)8-12(9-18-16)15-6-7-17-11-19-15/h1-11H. The van der Waals surface area contributed by atoms with Crippen molar-refractivity contribution >= 4 is 11.0 Å². The molecule has 0 fully saturated rings. The lowest BCUT2D eigenvalue weighted by atomic mass is 10.2. The second kappa shape index (κ2) is 4.79. The molecule has 0 saturated carbocycles. The van der Waals surface area contributed by atoms with Crippen molar-refractivity contribution in [3.63, 3.8) is 0 Å². The number of aromatic nitrogens is 5.